The molecule has 1 aliphatic rings. The van der Waals surface area contributed by atoms with Crippen LogP contribution in [-0.2, 0) is 17.8 Å². The van der Waals surface area contributed by atoms with Crippen LogP contribution in [0.5, 0.6) is 5.75 Å². The van der Waals surface area contributed by atoms with E-state index in [4.69, 9.17) is 9.26 Å². The lowest BCUT2D eigenvalue weighted by Crippen LogP contribution is -2.48. The van der Waals surface area contributed by atoms with Crippen LogP contribution in [0.3, 0.4) is 0 Å². The van der Waals surface area contributed by atoms with Gasteiger partial charge >= 0.3 is 0 Å². The first-order valence-electron chi connectivity index (χ1n) is 10.7. The smallest absolute Gasteiger partial charge is 0.241 e. The molecule has 2 aromatic carbocycles. The lowest BCUT2D eigenvalue weighted by atomic mass is 10.1. The average Bonchev–Trinajstić information content (AvgIpc) is 3.25. The van der Waals surface area contributed by atoms with E-state index in [0.717, 1.165) is 30.0 Å². The first-order chi connectivity index (χ1) is 15.1. The Morgan fingerprint density at radius 1 is 1.03 bits per heavy atom. The van der Waals surface area contributed by atoms with Crippen LogP contribution in [0.1, 0.15) is 23.9 Å². The van der Waals surface area contributed by atoms with E-state index in [1.807, 2.05) is 60.4 Å². The third-order valence-corrected chi connectivity index (χ3v) is 5.45. The molecule has 0 unspecified atom stereocenters. The summed E-state index contributed by atoms with van der Waals surface area (Å²) in [5.41, 5.74) is 3.16. The van der Waals surface area contributed by atoms with Crippen molar-refractivity contribution in [2.75, 3.05) is 32.8 Å². The van der Waals surface area contributed by atoms with Gasteiger partial charge in [-0.1, -0.05) is 35.0 Å². The quantitative estimate of drug-likeness (QED) is 0.584. The number of aromatic nitrogens is 2. The third-order valence-electron chi connectivity index (χ3n) is 5.45. The van der Waals surface area contributed by atoms with Crippen molar-refractivity contribution in [3.05, 3.63) is 65.5 Å². The molecule has 7 nitrogen and oxygen atoms in total. The standard InChI is InChI=1S/C24H28N4O3/c1-3-30-21-10-8-20(9-11-21)24-25-22(31-26-24)17-27-12-14-28(15-13-27)23(29)16-19-6-4-18(2)5-7-19/h4-11H,3,12-17H2,1-2H3. The highest BCUT2D eigenvalue weighted by atomic mass is 16.5. The van der Waals surface area contributed by atoms with Crippen LogP contribution >= 0.6 is 0 Å². The Morgan fingerprint density at radius 3 is 2.42 bits per heavy atom. The Morgan fingerprint density at radius 2 is 1.74 bits per heavy atom. The number of rotatable bonds is 7. The fourth-order valence-corrected chi connectivity index (χ4v) is 3.64. The summed E-state index contributed by atoms with van der Waals surface area (Å²) in [6.45, 7) is 8.24. The molecule has 1 amide bonds. The number of hydrogen-bond acceptors (Lipinski definition) is 6. The Labute approximate surface area is 182 Å². The molecule has 0 N–H and O–H groups in total. The van der Waals surface area contributed by atoms with Gasteiger partial charge < -0.3 is 14.2 Å². The summed E-state index contributed by atoms with van der Waals surface area (Å²) >= 11 is 0. The minimum atomic E-state index is 0.180. The van der Waals surface area contributed by atoms with E-state index >= 15 is 0 Å². The van der Waals surface area contributed by atoms with Crippen molar-refractivity contribution in [2.45, 2.75) is 26.8 Å². The van der Waals surface area contributed by atoms with Gasteiger partial charge in [0.05, 0.1) is 19.6 Å². The largest absolute Gasteiger partial charge is 0.494 e. The van der Waals surface area contributed by atoms with E-state index in [1.54, 1.807) is 0 Å². The molecule has 1 aromatic heterocycles. The fraction of sp³-hybridized carbons (Fsp3) is 0.375. The Kier molecular flexibility index (Phi) is 6.62. The number of aryl methyl sites for hydroxylation is 1. The van der Waals surface area contributed by atoms with E-state index < -0.39 is 0 Å². The molecule has 3 aromatic rings. The van der Waals surface area contributed by atoms with Crippen LogP contribution in [0.4, 0.5) is 0 Å². The van der Waals surface area contributed by atoms with Crippen LogP contribution in [0.15, 0.2) is 53.1 Å². The van der Waals surface area contributed by atoms with Crippen molar-refractivity contribution in [3.8, 4) is 17.1 Å². The van der Waals surface area contributed by atoms with Crippen molar-refractivity contribution < 1.29 is 14.1 Å². The molecule has 0 radical (unpaired) electrons. The highest BCUT2D eigenvalue weighted by molar-refractivity contribution is 5.78. The molecule has 2 heterocycles. The lowest BCUT2D eigenvalue weighted by Gasteiger charge is -2.34. The second-order valence-electron chi connectivity index (χ2n) is 7.79. The zero-order valence-electron chi connectivity index (χ0n) is 18.1. The third kappa shape index (κ3) is 5.49. The zero-order chi connectivity index (χ0) is 21.6. The Balaban J connectivity index is 1.27. The first kappa shape index (κ1) is 21.1. The summed E-state index contributed by atoms with van der Waals surface area (Å²) in [5, 5.41) is 4.11. The minimum Gasteiger partial charge on any atom is -0.494 e. The van der Waals surface area contributed by atoms with Crippen molar-refractivity contribution in [1.29, 1.82) is 0 Å². The summed E-state index contributed by atoms with van der Waals surface area (Å²) in [7, 11) is 0. The van der Waals surface area contributed by atoms with E-state index in [9.17, 15) is 4.79 Å². The predicted molar refractivity (Wildman–Crippen MR) is 118 cm³/mol. The zero-order valence-corrected chi connectivity index (χ0v) is 18.1. The van der Waals surface area contributed by atoms with Gasteiger partial charge in [0.1, 0.15) is 5.75 Å². The Hall–Kier alpha value is -3.19. The molecular weight excluding hydrogens is 392 g/mol. The average molecular weight is 421 g/mol. The van der Waals surface area contributed by atoms with Crippen LogP contribution < -0.4 is 4.74 Å². The normalized spacial score (nSPS) is 14.6. The van der Waals surface area contributed by atoms with E-state index in [-0.39, 0.29) is 5.91 Å². The molecule has 4 rings (SSSR count). The van der Waals surface area contributed by atoms with Crippen molar-refractivity contribution in [1.82, 2.24) is 19.9 Å². The molecular formula is C24H28N4O3. The lowest BCUT2D eigenvalue weighted by molar-refractivity contribution is -0.132. The number of ether oxygens (including phenoxy) is 1. The maximum atomic E-state index is 12.6. The van der Waals surface area contributed by atoms with Gasteiger partial charge in [-0.2, -0.15) is 4.98 Å². The SMILES string of the molecule is CCOc1ccc(-c2noc(CN3CCN(C(=O)Cc4ccc(C)cc4)CC3)n2)cc1. The summed E-state index contributed by atoms with van der Waals surface area (Å²) in [4.78, 5) is 21.3. The van der Waals surface area contributed by atoms with E-state index in [0.29, 0.717) is 44.4 Å². The van der Waals surface area contributed by atoms with Gasteiger partial charge in [-0.15, -0.1) is 0 Å². The maximum Gasteiger partial charge on any atom is 0.241 e. The van der Waals surface area contributed by atoms with Crippen LogP contribution in [0.25, 0.3) is 11.4 Å². The molecule has 0 saturated carbocycles. The van der Waals surface area contributed by atoms with Gasteiger partial charge in [0.2, 0.25) is 17.6 Å². The molecule has 31 heavy (non-hydrogen) atoms. The van der Waals surface area contributed by atoms with Gasteiger partial charge in [0.15, 0.2) is 0 Å². The van der Waals surface area contributed by atoms with E-state index in [1.165, 1.54) is 5.56 Å². The number of piperazine rings is 1. The number of carbonyl (C=O) groups excluding carboxylic acids is 1. The molecule has 0 atom stereocenters. The van der Waals surface area contributed by atoms with Crippen molar-refractivity contribution in [2.24, 2.45) is 0 Å². The second kappa shape index (κ2) is 9.75. The fourth-order valence-electron chi connectivity index (χ4n) is 3.64. The summed E-state index contributed by atoms with van der Waals surface area (Å²) < 4.78 is 10.9. The van der Waals surface area contributed by atoms with Gasteiger partial charge in [0, 0.05) is 31.7 Å². The molecule has 1 saturated heterocycles. The highest BCUT2D eigenvalue weighted by Gasteiger charge is 2.22. The van der Waals surface area contributed by atoms with E-state index in [2.05, 4.69) is 22.0 Å². The summed E-state index contributed by atoms with van der Waals surface area (Å²) in [6, 6.07) is 15.8. The molecule has 1 aliphatic heterocycles. The van der Waals surface area contributed by atoms with Gasteiger partial charge in [-0.3, -0.25) is 9.69 Å². The van der Waals surface area contributed by atoms with Crippen LogP contribution in [0, 0.1) is 6.92 Å². The first-order valence-corrected chi connectivity index (χ1v) is 10.7. The number of benzene rings is 2. The minimum absolute atomic E-state index is 0.180. The number of nitrogens with zero attached hydrogens (tertiary/aromatic N) is 4. The summed E-state index contributed by atoms with van der Waals surface area (Å²) in [6.07, 6.45) is 0.454. The molecule has 7 heteroatoms. The predicted octanol–water partition coefficient (Wildman–Crippen LogP) is 3.33. The number of hydrogen-bond donors (Lipinski definition) is 0. The van der Waals surface area contributed by atoms with Gasteiger partial charge in [-0.05, 0) is 43.7 Å². The monoisotopic (exact) mass is 420 g/mol. The maximum absolute atomic E-state index is 12.6. The molecule has 1 fully saturated rings. The molecule has 0 bridgehead atoms. The molecule has 162 valence electrons. The van der Waals surface area contributed by atoms with Crippen molar-refractivity contribution >= 4 is 5.91 Å². The van der Waals surface area contributed by atoms with Gasteiger partial charge in [0.25, 0.3) is 0 Å². The van der Waals surface area contributed by atoms with Crippen molar-refractivity contribution in [3.63, 3.8) is 0 Å². The summed E-state index contributed by atoms with van der Waals surface area (Å²) in [5.74, 6) is 2.16. The number of carbonyl (C=O) groups is 1. The van der Waals surface area contributed by atoms with Gasteiger partial charge in [-0.25, -0.2) is 0 Å². The van der Waals surface area contributed by atoms with Crippen LogP contribution in [-0.4, -0.2) is 58.6 Å². The Bertz CT molecular complexity index is 990. The molecule has 0 spiro atoms. The number of amides is 1. The second-order valence-corrected chi connectivity index (χ2v) is 7.79. The molecule has 0 aliphatic carbocycles. The highest BCUT2D eigenvalue weighted by Crippen LogP contribution is 2.20. The topological polar surface area (TPSA) is 71.7 Å². The van der Waals surface area contributed by atoms with Crippen LogP contribution in [0.2, 0.25) is 0 Å².